The number of benzene rings is 1. The molecular weight excluding hydrogens is 230 g/mol. The quantitative estimate of drug-likeness (QED) is 0.806. The number of nitrogens with two attached hydrogens (primary N) is 1. The molecule has 2 N–H and O–H groups in total. The maximum Gasteiger partial charge on any atom is 0.0297 e. The summed E-state index contributed by atoms with van der Waals surface area (Å²) < 4.78 is 0. The summed E-state index contributed by atoms with van der Waals surface area (Å²) >= 11 is 0. The van der Waals surface area contributed by atoms with E-state index in [1.807, 2.05) is 0 Å². The van der Waals surface area contributed by atoms with Gasteiger partial charge in [-0.3, -0.25) is 0 Å². The Balaban J connectivity index is 2.04. The van der Waals surface area contributed by atoms with Crippen molar-refractivity contribution in [3.63, 3.8) is 0 Å². The van der Waals surface area contributed by atoms with E-state index in [0.29, 0.717) is 11.3 Å². The third-order valence-electron chi connectivity index (χ3n) is 5.00. The predicted octanol–water partition coefficient (Wildman–Crippen LogP) is 5.03. The molecule has 0 bridgehead atoms. The van der Waals surface area contributed by atoms with Gasteiger partial charge in [0.2, 0.25) is 0 Å². The summed E-state index contributed by atoms with van der Waals surface area (Å²) in [6.45, 7) is 9.22. The summed E-state index contributed by atoms with van der Waals surface area (Å²) in [6, 6.07) is 9.18. The summed E-state index contributed by atoms with van der Waals surface area (Å²) in [5.74, 6) is 1.43. The van der Waals surface area contributed by atoms with Gasteiger partial charge in [-0.15, -0.1) is 0 Å². The average molecular weight is 259 g/mol. The molecule has 1 fully saturated rings. The minimum absolute atomic E-state index is 0.175. The first-order valence-electron chi connectivity index (χ1n) is 7.73. The Labute approximate surface area is 118 Å². The van der Waals surface area contributed by atoms with Crippen molar-refractivity contribution in [1.82, 2.24) is 0 Å². The molecule has 1 saturated carbocycles. The van der Waals surface area contributed by atoms with Crippen LogP contribution in [0, 0.1) is 11.3 Å². The van der Waals surface area contributed by atoms with Gasteiger partial charge in [0.25, 0.3) is 0 Å². The van der Waals surface area contributed by atoms with Crippen LogP contribution in [0.5, 0.6) is 0 Å². The Morgan fingerprint density at radius 3 is 2.47 bits per heavy atom. The lowest BCUT2D eigenvalue weighted by Gasteiger charge is -2.30. The van der Waals surface area contributed by atoms with E-state index < -0.39 is 0 Å². The van der Waals surface area contributed by atoms with Gasteiger partial charge in [0.15, 0.2) is 0 Å². The molecule has 0 aliphatic heterocycles. The average Bonchev–Trinajstić information content (AvgIpc) is 2.25. The number of hydrogen-bond donors (Lipinski definition) is 1. The van der Waals surface area contributed by atoms with Crippen molar-refractivity contribution in [3.05, 3.63) is 35.4 Å². The van der Waals surface area contributed by atoms with Gasteiger partial charge in [-0.25, -0.2) is 0 Å². The predicted molar refractivity (Wildman–Crippen MR) is 83.2 cm³/mol. The highest BCUT2D eigenvalue weighted by atomic mass is 14.6. The molecule has 0 radical (unpaired) electrons. The molecule has 0 saturated heterocycles. The van der Waals surface area contributed by atoms with E-state index in [2.05, 4.69) is 52.0 Å². The van der Waals surface area contributed by atoms with Crippen molar-refractivity contribution in [2.75, 3.05) is 0 Å². The van der Waals surface area contributed by atoms with Crippen LogP contribution < -0.4 is 5.73 Å². The van der Waals surface area contributed by atoms with Crippen LogP contribution in [-0.4, -0.2) is 0 Å². The zero-order chi connectivity index (χ0) is 14.0. The van der Waals surface area contributed by atoms with Crippen LogP contribution in [0.2, 0.25) is 0 Å². The molecule has 19 heavy (non-hydrogen) atoms. The fourth-order valence-corrected chi connectivity index (χ4v) is 2.66. The minimum Gasteiger partial charge on any atom is -0.324 e. The molecule has 1 heteroatoms. The van der Waals surface area contributed by atoms with Gasteiger partial charge in [0.05, 0.1) is 0 Å². The summed E-state index contributed by atoms with van der Waals surface area (Å²) in [5.41, 5.74) is 9.58. The first-order valence-corrected chi connectivity index (χ1v) is 7.73. The van der Waals surface area contributed by atoms with Crippen LogP contribution in [-0.2, 0) is 0 Å². The van der Waals surface area contributed by atoms with Gasteiger partial charge >= 0.3 is 0 Å². The second kappa shape index (κ2) is 5.66. The van der Waals surface area contributed by atoms with Crippen LogP contribution in [0.25, 0.3) is 0 Å². The SMILES string of the molecule is CC(CC(N)c1cccc(C2CCC2)c1)C(C)(C)C. The zero-order valence-electron chi connectivity index (χ0n) is 12.9. The molecule has 1 aromatic rings. The smallest absolute Gasteiger partial charge is 0.0297 e. The fourth-order valence-electron chi connectivity index (χ4n) is 2.66. The highest BCUT2D eigenvalue weighted by Gasteiger charge is 2.24. The molecule has 0 spiro atoms. The lowest BCUT2D eigenvalue weighted by molar-refractivity contribution is 0.234. The number of rotatable bonds is 4. The summed E-state index contributed by atoms with van der Waals surface area (Å²) in [4.78, 5) is 0. The first-order chi connectivity index (χ1) is 8.88. The monoisotopic (exact) mass is 259 g/mol. The van der Waals surface area contributed by atoms with Gasteiger partial charge in [-0.2, -0.15) is 0 Å². The second-order valence-electron chi connectivity index (χ2n) is 7.41. The Bertz CT molecular complexity index is 412. The van der Waals surface area contributed by atoms with Gasteiger partial charge in [-0.05, 0) is 47.6 Å². The summed E-state index contributed by atoms with van der Waals surface area (Å²) in [5, 5.41) is 0. The second-order valence-corrected chi connectivity index (χ2v) is 7.41. The third-order valence-corrected chi connectivity index (χ3v) is 5.00. The molecule has 0 aromatic heterocycles. The van der Waals surface area contributed by atoms with Crippen molar-refractivity contribution < 1.29 is 0 Å². The highest BCUT2D eigenvalue weighted by Crippen LogP contribution is 2.38. The van der Waals surface area contributed by atoms with Crippen molar-refractivity contribution in [2.45, 2.75) is 65.3 Å². The van der Waals surface area contributed by atoms with Crippen molar-refractivity contribution in [3.8, 4) is 0 Å². The Hall–Kier alpha value is -0.820. The normalized spacial score (nSPS) is 19.8. The molecule has 1 aliphatic carbocycles. The van der Waals surface area contributed by atoms with E-state index in [-0.39, 0.29) is 6.04 Å². The van der Waals surface area contributed by atoms with Gasteiger partial charge in [-0.1, -0.05) is 58.4 Å². The Kier molecular flexibility index (Phi) is 4.35. The van der Waals surface area contributed by atoms with E-state index in [9.17, 15) is 0 Å². The maximum atomic E-state index is 6.42. The molecule has 1 aromatic carbocycles. The van der Waals surface area contributed by atoms with E-state index in [4.69, 9.17) is 5.73 Å². The van der Waals surface area contributed by atoms with Gasteiger partial charge < -0.3 is 5.73 Å². The first kappa shape index (κ1) is 14.6. The van der Waals surface area contributed by atoms with E-state index in [1.54, 1.807) is 0 Å². The minimum atomic E-state index is 0.175. The van der Waals surface area contributed by atoms with Crippen LogP contribution in [0.1, 0.15) is 76.5 Å². The van der Waals surface area contributed by atoms with E-state index in [1.165, 1.54) is 30.4 Å². The van der Waals surface area contributed by atoms with Gasteiger partial charge in [0.1, 0.15) is 0 Å². The molecule has 1 nitrogen and oxygen atoms in total. The zero-order valence-corrected chi connectivity index (χ0v) is 12.9. The lowest BCUT2D eigenvalue weighted by Crippen LogP contribution is -2.23. The third kappa shape index (κ3) is 3.60. The largest absolute Gasteiger partial charge is 0.324 e. The van der Waals surface area contributed by atoms with E-state index in [0.717, 1.165) is 12.3 Å². The van der Waals surface area contributed by atoms with Crippen LogP contribution in [0.15, 0.2) is 24.3 Å². The Morgan fingerprint density at radius 2 is 1.95 bits per heavy atom. The molecule has 2 rings (SSSR count). The van der Waals surface area contributed by atoms with Crippen LogP contribution >= 0.6 is 0 Å². The van der Waals surface area contributed by atoms with Crippen molar-refractivity contribution in [2.24, 2.45) is 17.1 Å². The molecule has 2 atom stereocenters. The molecular formula is C18H29N. The maximum absolute atomic E-state index is 6.42. The van der Waals surface area contributed by atoms with E-state index >= 15 is 0 Å². The summed E-state index contributed by atoms with van der Waals surface area (Å²) in [7, 11) is 0. The molecule has 0 amide bonds. The standard InChI is InChI=1S/C18H29N/c1-13(18(2,3)4)11-17(19)16-10-6-9-15(12-16)14-7-5-8-14/h6,9-10,12-14,17H,5,7-8,11,19H2,1-4H3. The molecule has 1 aliphatic rings. The van der Waals surface area contributed by atoms with Crippen LogP contribution in [0.4, 0.5) is 0 Å². The molecule has 2 unspecified atom stereocenters. The molecule has 106 valence electrons. The van der Waals surface area contributed by atoms with Gasteiger partial charge in [0, 0.05) is 6.04 Å². The lowest BCUT2D eigenvalue weighted by atomic mass is 9.76. The van der Waals surface area contributed by atoms with Crippen molar-refractivity contribution >= 4 is 0 Å². The summed E-state index contributed by atoms with van der Waals surface area (Å²) in [6.07, 6.45) is 5.17. The van der Waals surface area contributed by atoms with Crippen molar-refractivity contribution in [1.29, 1.82) is 0 Å². The number of hydrogen-bond acceptors (Lipinski definition) is 1. The molecule has 0 heterocycles. The highest BCUT2D eigenvalue weighted by molar-refractivity contribution is 5.29. The fraction of sp³-hybridized carbons (Fsp3) is 0.667. The topological polar surface area (TPSA) is 26.0 Å². The van der Waals surface area contributed by atoms with Crippen LogP contribution in [0.3, 0.4) is 0 Å². The Morgan fingerprint density at radius 1 is 1.26 bits per heavy atom.